The van der Waals surface area contributed by atoms with Crippen molar-refractivity contribution in [3.63, 3.8) is 0 Å². The fourth-order valence-electron chi connectivity index (χ4n) is 14.1. The molecule has 0 amide bonds. The second-order valence-corrected chi connectivity index (χ2v) is 19.8. The molecule has 3 nitrogen and oxygen atoms in total. The maximum Gasteiger partial charge on any atom is 0.306 e. The van der Waals surface area contributed by atoms with Crippen LogP contribution < -0.4 is 0 Å². The third-order valence-corrected chi connectivity index (χ3v) is 17.0. The molecule has 0 aromatic rings. The van der Waals surface area contributed by atoms with E-state index >= 15 is 0 Å². The molecule has 0 aromatic heterocycles. The van der Waals surface area contributed by atoms with Gasteiger partial charge in [0.2, 0.25) is 0 Å². The van der Waals surface area contributed by atoms with Crippen LogP contribution in [0.5, 0.6) is 0 Å². The van der Waals surface area contributed by atoms with E-state index < -0.39 is 0 Å². The van der Waals surface area contributed by atoms with E-state index in [0.29, 0.717) is 47.0 Å². The Labute approximate surface area is 291 Å². The molecule has 0 unspecified atom stereocenters. The summed E-state index contributed by atoms with van der Waals surface area (Å²) in [6, 6.07) is 0. The monoisotopic (exact) mass is 655 g/mol. The van der Waals surface area contributed by atoms with E-state index in [1.807, 2.05) is 0 Å². The smallest absolute Gasteiger partial charge is 0.306 e. The van der Waals surface area contributed by atoms with Gasteiger partial charge in [-0.25, -0.2) is 0 Å². The standard InChI is InChI=1S/C44H78O3/c1-9-10-11-12-13-14-15-16-17-18-19-20-38(46)47-37-25-26-41(6)35(40(37,4)5)24-27-43(8)36(41)22-21-34-39-33(32(2)3)23-28-44(39,31-45)30-29-42(34,43)7/h32-37,39,45H,9-31H2,1-8H3/t33-,34+,35-,36+,37-,39+,41-,42+,43+,44+/m0/s1. The minimum Gasteiger partial charge on any atom is -0.462 e. The molecule has 5 saturated carbocycles. The molecule has 0 spiro atoms. The summed E-state index contributed by atoms with van der Waals surface area (Å²) in [4.78, 5) is 13.2. The second-order valence-electron chi connectivity index (χ2n) is 19.8. The van der Waals surface area contributed by atoms with Gasteiger partial charge in [0.25, 0.3) is 0 Å². The molecular formula is C44H78O3. The number of esters is 1. The van der Waals surface area contributed by atoms with Gasteiger partial charge in [0.15, 0.2) is 0 Å². The summed E-state index contributed by atoms with van der Waals surface area (Å²) in [5.74, 6) is 4.33. The van der Waals surface area contributed by atoms with Crippen LogP contribution in [0.2, 0.25) is 0 Å². The molecule has 47 heavy (non-hydrogen) atoms. The van der Waals surface area contributed by atoms with Crippen molar-refractivity contribution in [1.82, 2.24) is 0 Å². The van der Waals surface area contributed by atoms with Gasteiger partial charge in [-0.05, 0) is 128 Å². The number of carbonyl (C=O) groups is 1. The molecule has 5 rings (SSSR count). The van der Waals surface area contributed by atoms with Crippen LogP contribution in [0.4, 0.5) is 0 Å². The number of aliphatic hydroxyl groups excluding tert-OH is 1. The Kier molecular flexibility index (Phi) is 12.0. The van der Waals surface area contributed by atoms with E-state index in [1.165, 1.54) is 116 Å². The summed E-state index contributed by atoms with van der Waals surface area (Å²) in [5, 5.41) is 10.9. The topological polar surface area (TPSA) is 46.5 Å². The van der Waals surface area contributed by atoms with E-state index in [9.17, 15) is 9.90 Å². The highest BCUT2D eigenvalue weighted by Crippen LogP contribution is 2.77. The summed E-state index contributed by atoms with van der Waals surface area (Å²) in [6.45, 7) is 20.6. The van der Waals surface area contributed by atoms with Crippen LogP contribution in [0.15, 0.2) is 0 Å². The summed E-state index contributed by atoms with van der Waals surface area (Å²) in [6.07, 6.45) is 27.7. The fourth-order valence-corrected chi connectivity index (χ4v) is 14.1. The van der Waals surface area contributed by atoms with Crippen LogP contribution in [0, 0.1) is 62.6 Å². The van der Waals surface area contributed by atoms with Gasteiger partial charge in [-0.15, -0.1) is 0 Å². The van der Waals surface area contributed by atoms with Gasteiger partial charge in [-0.3, -0.25) is 4.79 Å². The van der Waals surface area contributed by atoms with Gasteiger partial charge < -0.3 is 9.84 Å². The lowest BCUT2D eigenvalue weighted by atomic mass is 9.32. The highest BCUT2D eigenvalue weighted by atomic mass is 16.5. The molecule has 1 N–H and O–H groups in total. The largest absolute Gasteiger partial charge is 0.462 e. The van der Waals surface area contributed by atoms with E-state index in [-0.39, 0.29) is 22.9 Å². The minimum atomic E-state index is 0.0195. The van der Waals surface area contributed by atoms with Crippen molar-refractivity contribution in [1.29, 1.82) is 0 Å². The van der Waals surface area contributed by atoms with E-state index in [1.54, 1.807) is 0 Å². The third kappa shape index (κ3) is 6.78. The first-order chi connectivity index (χ1) is 22.3. The summed E-state index contributed by atoms with van der Waals surface area (Å²) in [5.41, 5.74) is 1.21. The lowest BCUT2D eigenvalue weighted by Gasteiger charge is -2.73. The first-order valence-electron chi connectivity index (χ1n) is 21.1. The van der Waals surface area contributed by atoms with Crippen LogP contribution in [0.1, 0.15) is 197 Å². The van der Waals surface area contributed by atoms with E-state index in [2.05, 4.69) is 55.4 Å². The number of hydrogen-bond acceptors (Lipinski definition) is 3. The molecule has 5 fully saturated rings. The third-order valence-electron chi connectivity index (χ3n) is 17.0. The zero-order valence-corrected chi connectivity index (χ0v) is 32.6. The van der Waals surface area contributed by atoms with Crippen molar-refractivity contribution in [3.05, 3.63) is 0 Å². The van der Waals surface area contributed by atoms with Crippen LogP contribution in [0.25, 0.3) is 0 Å². The Bertz CT molecular complexity index is 1030. The highest BCUT2D eigenvalue weighted by Gasteiger charge is 2.71. The normalized spacial score (nSPS) is 42.3. The molecule has 0 radical (unpaired) electrons. The van der Waals surface area contributed by atoms with Crippen molar-refractivity contribution in [2.75, 3.05) is 6.61 Å². The van der Waals surface area contributed by atoms with E-state index in [0.717, 1.165) is 37.0 Å². The van der Waals surface area contributed by atoms with Gasteiger partial charge in [0.1, 0.15) is 6.10 Å². The number of hydrogen-bond donors (Lipinski definition) is 1. The van der Waals surface area contributed by atoms with Gasteiger partial charge in [0, 0.05) is 18.4 Å². The molecule has 0 bridgehead atoms. The lowest BCUT2D eigenvalue weighted by Crippen LogP contribution is -2.67. The molecule has 5 aliphatic rings. The molecule has 0 saturated heterocycles. The van der Waals surface area contributed by atoms with E-state index in [4.69, 9.17) is 4.74 Å². The number of fused-ring (bicyclic) bond motifs is 7. The Hall–Kier alpha value is -0.570. The van der Waals surface area contributed by atoms with Crippen molar-refractivity contribution < 1.29 is 14.6 Å². The van der Waals surface area contributed by atoms with Crippen molar-refractivity contribution in [3.8, 4) is 0 Å². The van der Waals surface area contributed by atoms with Gasteiger partial charge in [-0.1, -0.05) is 120 Å². The van der Waals surface area contributed by atoms with Crippen molar-refractivity contribution in [2.24, 2.45) is 62.6 Å². The SMILES string of the molecule is CCCCCCCCCCCCCC(=O)O[C@H]1CC[C@]2(C)[C@H]3CC[C@@H]4[C@H]5[C@H](C(C)C)CC[C@]5(CO)CC[C@@]4(C)[C@]3(C)CC[C@H]2C1(C)C. The van der Waals surface area contributed by atoms with Gasteiger partial charge in [0.05, 0.1) is 0 Å². The first-order valence-corrected chi connectivity index (χ1v) is 21.1. The molecule has 3 heteroatoms. The van der Waals surface area contributed by atoms with Crippen LogP contribution in [-0.4, -0.2) is 23.8 Å². The number of aliphatic hydroxyl groups is 1. The predicted octanol–water partition coefficient (Wildman–Crippen LogP) is 12.3. The lowest BCUT2D eigenvalue weighted by molar-refractivity contribution is -0.253. The molecule has 0 aromatic carbocycles. The fraction of sp³-hybridized carbons (Fsp3) is 0.977. The average molecular weight is 655 g/mol. The zero-order chi connectivity index (χ0) is 34.1. The highest BCUT2D eigenvalue weighted by molar-refractivity contribution is 5.69. The Morgan fingerprint density at radius 2 is 1.34 bits per heavy atom. The number of ether oxygens (including phenoxy) is 1. The Balaban J connectivity index is 1.17. The Morgan fingerprint density at radius 1 is 0.702 bits per heavy atom. The summed E-state index contributed by atoms with van der Waals surface area (Å²) in [7, 11) is 0. The Morgan fingerprint density at radius 3 is 1.96 bits per heavy atom. The quantitative estimate of drug-likeness (QED) is 0.141. The summed E-state index contributed by atoms with van der Waals surface area (Å²) < 4.78 is 6.40. The van der Waals surface area contributed by atoms with Gasteiger partial charge in [-0.2, -0.15) is 0 Å². The van der Waals surface area contributed by atoms with Crippen molar-refractivity contribution >= 4 is 5.97 Å². The van der Waals surface area contributed by atoms with Crippen LogP contribution in [0.3, 0.4) is 0 Å². The molecule has 0 heterocycles. The molecule has 5 aliphatic carbocycles. The first kappa shape index (κ1) is 37.7. The number of unbranched alkanes of at least 4 members (excludes halogenated alkanes) is 10. The zero-order valence-electron chi connectivity index (χ0n) is 32.6. The maximum atomic E-state index is 13.2. The maximum absolute atomic E-state index is 13.2. The number of carbonyl (C=O) groups excluding carboxylic acids is 1. The minimum absolute atomic E-state index is 0.0195. The average Bonchev–Trinajstić information content (AvgIpc) is 3.42. The van der Waals surface area contributed by atoms with Gasteiger partial charge >= 0.3 is 5.97 Å². The summed E-state index contributed by atoms with van der Waals surface area (Å²) >= 11 is 0. The molecule has 272 valence electrons. The number of rotatable bonds is 15. The molecule has 10 atom stereocenters. The molecule has 0 aliphatic heterocycles. The molecular weight excluding hydrogens is 576 g/mol. The van der Waals surface area contributed by atoms with Crippen LogP contribution in [-0.2, 0) is 9.53 Å². The second kappa shape index (κ2) is 15.0. The van der Waals surface area contributed by atoms with Crippen molar-refractivity contribution in [2.45, 2.75) is 203 Å². The van der Waals surface area contributed by atoms with Crippen LogP contribution >= 0.6 is 0 Å². The predicted molar refractivity (Wildman–Crippen MR) is 197 cm³/mol.